The molecule has 1 aliphatic carbocycles. The Bertz CT molecular complexity index is 528. The summed E-state index contributed by atoms with van der Waals surface area (Å²) in [5, 5.41) is 9.11. The third-order valence-corrected chi connectivity index (χ3v) is 5.27. The summed E-state index contributed by atoms with van der Waals surface area (Å²) in [5.74, 6) is -0.0257. The lowest BCUT2D eigenvalue weighted by molar-refractivity contribution is 0.213. The minimum atomic E-state index is -3.72. The van der Waals surface area contributed by atoms with Gasteiger partial charge in [-0.3, -0.25) is 0 Å². The number of nitrogens with zero attached hydrogens (tertiary/aromatic N) is 2. The van der Waals surface area contributed by atoms with Crippen LogP contribution in [0, 0.1) is 5.92 Å². The van der Waals surface area contributed by atoms with Crippen LogP contribution in [0.2, 0.25) is 5.15 Å². The second-order valence-electron chi connectivity index (χ2n) is 4.55. The summed E-state index contributed by atoms with van der Waals surface area (Å²) < 4.78 is 28.3. The topological polar surface area (TPSA) is 84.2 Å². The summed E-state index contributed by atoms with van der Waals surface area (Å²) in [4.78, 5) is 3.80. The summed E-state index contributed by atoms with van der Waals surface area (Å²) in [6.07, 6.45) is 3.83. The Kier molecular flexibility index (Phi) is 3.96. The lowest BCUT2D eigenvalue weighted by atomic mass is 10.1. The Morgan fingerprint density at radius 1 is 1.61 bits per heavy atom. The molecule has 2 N–H and O–H groups in total. The van der Waals surface area contributed by atoms with E-state index in [1.165, 1.54) is 10.9 Å². The second-order valence-corrected chi connectivity index (χ2v) is 6.54. The molecule has 2 atom stereocenters. The molecule has 0 amide bonds. The molecule has 1 saturated carbocycles. The minimum absolute atomic E-state index is 0.0108. The Morgan fingerprint density at radius 3 is 2.89 bits per heavy atom. The van der Waals surface area contributed by atoms with Crippen LogP contribution in [0.3, 0.4) is 0 Å². The van der Waals surface area contributed by atoms with E-state index in [4.69, 9.17) is 11.6 Å². The van der Waals surface area contributed by atoms with Gasteiger partial charge < -0.3 is 9.67 Å². The molecule has 1 heterocycles. The van der Waals surface area contributed by atoms with Crippen molar-refractivity contribution in [3.63, 3.8) is 0 Å². The predicted molar refractivity (Wildman–Crippen MR) is 66.8 cm³/mol. The van der Waals surface area contributed by atoms with E-state index in [0.29, 0.717) is 0 Å². The third-order valence-electron chi connectivity index (χ3n) is 3.29. The van der Waals surface area contributed by atoms with Gasteiger partial charge in [-0.15, -0.1) is 0 Å². The second kappa shape index (κ2) is 5.16. The molecule has 102 valence electrons. The number of aromatic nitrogens is 2. The normalized spacial score (nSPS) is 24.6. The lowest BCUT2D eigenvalue weighted by Gasteiger charge is -2.18. The van der Waals surface area contributed by atoms with Crippen LogP contribution in [0.15, 0.2) is 11.4 Å². The fourth-order valence-corrected chi connectivity index (χ4v) is 4.01. The molecule has 8 heteroatoms. The van der Waals surface area contributed by atoms with E-state index in [9.17, 15) is 13.5 Å². The molecule has 1 aromatic rings. The Labute approximate surface area is 111 Å². The van der Waals surface area contributed by atoms with Gasteiger partial charge >= 0.3 is 0 Å². The molecule has 18 heavy (non-hydrogen) atoms. The zero-order chi connectivity index (χ0) is 13.3. The Hall–Kier alpha value is -0.630. The van der Waals surface area contributed by atoms with Crippen molar-refractivity contribution >= 4 is 21.6 Å². The van der Waals surface area contributed by atoms with Gasteiger partial charge in [0.25, 0.3) is 10.0 Å². The fraction of sp³-hybridized carbons (Fsp3) is 0.700. The molecule has 0 aliphatic heterocycles. The van der Waals surface area contributed by atoms with Gasteiger partial charge in [0.1, 0.15) is 5.15 Å². The van der Waals surface area contributed by atoms with Gasteiger partial charge in [0.15, 0.2) is 0 Å². The zero-order valence-corrected chi connectivity index (χ0v) is 11.6. The smallest absolute Gasteiger partial charge is 0.261 e. The van der Waals surface area contributed by atoms with Crippen molar-refractivity contribution in [2.45, 2.75) is 30.3 Å². The minimum Gasteiger partial charge on any atom is -0.396 e. The maximum atomic E-state index is 12.1. The molecule has 0 spiro atoms. The molecule has 0 radical (unpaired) electrons. The van der Waals surface area contributed by atoms with Crippen molar-refractivity contribution in [1.82, 2.24) is 14.3 Å². The molecule has 0 aromatic carbocycles. The largest absolute Gasteiger partial charge is 0.396 e. The maximum Gasteiger partial charge on any atom is 0.261 e. The fourth-order valence-electron chi connectivity index (χ4n) is 2.24. The number of hydrogen-bond donors (Lipinski definition) is 2. The average Bonchev–Trinajstić information content (AvgIpc) is 2.87. The molecule has 1 aliphatic rings. The van der Waals surface area contributed by atoms with E-state index in [2.05, 4.69) is 9.71 Å². The molecular formula is C10H16ClN3O3S. The standard InChI is InChI=1S/C10H16ClN3O3S/c1-14-6-12-10(9(14)11)18(16,17)13-8-4-2-3-7(8)5-15/h6-8,13,15H,2-5H2,1H3. The van der Waals surface area contributed by atoms with Crippen molar-refractivity contribution in [2.24, 2.45) is 13.0 Å². The van der Waals surface area contributed by atoms with Gasteiger partial charge in [0, 0.05) is 19.7 Å². The molecule has 0 saturated heterocycles. The number of aliphatic hydroxyl groups excluding tert-OH is 1. The molecule has 6 nitrogen and oxygen atoms in total. The summed E-state index contributed by atoms with van der Waals surface area (Å²) in [6.45, 7) is -0.0108. The first-order chi connectivity index (χ1) is 8.45. The van der Waals surface area contributed by atoms with Gasteiger partial charge in [0.05, 0.1) is 6.33 Å². The van der Waals surface area contributed by atoms with Crippen LogP contribution in [0.25, 0.3) is 0 Å². The van der Waals surface area contributed by atoms with E-state index in [-0.39, 0.29) is 28.7 Å². The molecule has 0 bridgehead atoms. The van der Waals surface area contributed by atoms with E-state index < -0.39 is 10.0 Å². The van der Waals surface area contributed by atoms with Crippen molar-refractivity contribution < 1.29 is 13.5 Å². The first-order valence-corrected chi connectivity index (χ1v) is 7.62. The Morgan fingerprint density at radius 2 is 2.33 bits per heavy atom. The third kappa shape index (κ3) is 2.54. The monoisotopic (exact) mass is 293 g/mol. The number of sulfonamides is 1. The zero-order valence-electron chi connectivity index (χ0n) is 10.0. The summed E-state index contributed by atoms with van der Waals surface area (Å²) in [6, 6.07) is -0.238. The van der Waals surface area contributed by atoms with Crippen LogP contribution >= 0.6 is 11.6 Å². The van der Waals surface area contributed by atoms with Crippen LogP contribution in [0.5, 0.6) is 0 Å². The summed E-state index contributed by atoms with van der Waals surface area (Å²) >= 11 is 5.88. The molecular weight excluding hydrogens is 278 g/mol. The van der Waals surface area contributed by atoms with Crippen LogP contribution in [-0.2, 0) is 17.1 Å². The van der Waals surface area contributed by atoms with Gasteiger partial charge in [-0.25, -0.2) is 18.1 Å². The number of aryl methyl sites for hydroxylation is 1. The van der Waals surface area contributed by atoms with Crippen molar-refractivity contribution in [3.8, 4) is 0 Å². The van der Waals surface area contributed by atoms with Crippen molar-refractivity contribution in [2.75, 3.05) is 6.61 Å². The highest BCUT2D eigenvalue weighted by Crippen LogP contribution is 2.27. The van der Waals surface area contributed by atoms with E-state index in [1.54, 1.807) is 7.05 Å². The highest BCUT2D eigenvalue weighted by molar-refractivity contribution is 7.89. The summed E-state index contributed by atoms with van der Waals surface area (Å²) in [7, 11) is -2.10. The van der Waals surface area contributed by atoms with Crippen LogP contribution in [0.1, 0.15) is 19.3 Å². The van der Waals surface area contributed by atoms with Gasteiger partial charge in [-0.2, -0.15) is 0 Å². The van der Waals surface area contributed by atoms with E-state index in [0.717, 1.165) is 19.3 Å². The number of imidazole rings is 1. The number of hydrogen-bond acceptors (Lipinski definition) is 4. The number of nitrogens with one attached hydrogen (secondary N) is 1. The highest BCUT2D eigenvalue weighted by atomic mass is 35.5. The average molecular weight is 294 g/mol. The highest BCUT2D eigenvalue weighted by Gasteiger charge is 2.32. The van der Waals surface area contributed by atoms with Crippen LogP contribution in [-0.4, -0.2) is 35.7 Å². The quantitative estimate of drug-likeness (QED) is 0.847. The molecule has 1 aromatic heterocycles. The van der Waals surface area contributed by atoms with Crippen molar-refractivity contribution in [3.05, 3.63) is 11.5 Å². The van der Waals surface area contributed by atoms with Crippen LogP contribution < -0.4 is 4.72 Å². The predicted octanol–water partition coefficient (Wildman–Crippen LogP) is 0.513. The van der Waals surface area contributed by atoms with Crippen LogP contribution in [0.4, 0.5) is 0 Å². The first-order valence-electron chi connectivity index (χ1n) is 5.75. The SMILES string of the molecule is Cn1cnc(S(=O)(=O)NC2CCCC2CO)c1Cl. The molecule has 2 rings (SSSR count). The Balaban J connectivity index is 2.20. The number of halogens is 1. The number of aliphatic hydroxyl groups is 1. The van der Waals surface area contributed by atoms with E-state index >= 15 is 0 Å². The lowest BCUT2D eigenvalue weighted by Crippen LogP contribution is -2.38. The first kappa shape index (κ1) is 13.8. The maximum absolute atomic E-state index is 12.1. The number of rotatable bonds is 4. The van der Waals surface area contributed by atoms with Crippen molar-refractivity contribution in [1.29, 1.82) is 0 Å². The van der Waals surface area contributed by atoms with Gasteiger partial charge in [-0.05, 0) is 18.8 Å². The summed E-state index contributed by atoms with van der Waals surface area (Å²) in [5.41, 5.74) is 0. The van der Waals surface area contributed by atoms with E-state index in [1.807, 2.05) is 0 Å². The van der Waals surface area contributed by atoms with Gasteiger partial charge in [-0.1, -0.05) is 18.0 Å². The molecule has 1 fully saturated rings. The van der Waals surface area contributed by atoms with Gasteiger partial charge in [0.2, 0.25) is 5.03 Å². The molecule has 2 unspecified atom stereocenters.